The summed E-state index contributed by atoms with van der Waals surface area (Å²) >= 11 is 0. The van der Waals surface area contributed by atoms with Gasteiger partial charge in [0.2, 0.25) is 0 Å². The summed E-state index contributed by atoms with van der Waals surface area (Å²) < 4.78 is 27.9. The molecule has 1 fully saturated rings. The molecule has 3 heterocycles. The first-order valence-electron chi connectivity index (χ1n) is 9.49. The standard InChI is InChI=1S/C22H24F2N4/c1-13-14(2)22(26-19-10-16(23)9-18(24)21(13)19)15-5-6-20(25-11-15)28-8-7-17(12-28)27(3)4/h5-6,9-11,17H,7-8,12H2,1-4H3. The van der Waals surface area contributed by atoms with E-state index >= 15 is 0 Å². The zero-order valence-corrected chi connectivity index (χ0v) is 16.6. The van der Waals surface area contributed by atoms with Crippen LogP contribution < -0.4 is 4.90 Å². The Bertz CT molecular complexity index is 1030. The van der Waals surface area contributed by atoms with E-state index in [1.54, 1.807) is 6.20 Å². The van der Waals surface area contributed by atoms with Crippen molar-refractivity contribution in [3.8, 4) is 11.3 Å². The van der Waals surface area contributed by atoms with Crippen molar-refractivity contribution in [3.63, 3.8) is 0 Å². The van der Waals surface area contributed by atoms with Gasteiger partial charge in [0.15, 0.2) is 0 Å². The van der Waals surface area contributed by atoms with Gasteiger partial charge in [-0.15, -0.1) is 0 Å². The summed E-state index contributed by atoms with van der Waals surface area (Å²) in [7, 11) is 4.21. The summed E-state index contributed by atoms with van der Waals surface area (Å²) in [6.07, 6.45) is 2.92. The molecule has 2 aromatic heterocycles. The lowest BCUT2D eigenvalue weighted by atomic mass is 9.99. The number of rotatable bonds is 3. The fourth-order valence-electron chi connectivity index (χ4n) is 3.95. The quantitative estimate of drug-likeness (QED) is 0.675. The minimum atomic E-state index is -0.621. The lowest BCUT2D eigenvalue weighted by Crippen LogP contribution is -2.31. The third kappa shape index (κ3) is 3.22. The molecular weight excluding hydrogens is 358 g/mol. The Balaban J connectivity index is 1.70. The molecule has 1 unspecified atom stereocenters. The number of halogens is 2. The van der Waals surface area contributed by atoms with Crippen LogP contribution in [-0.4, -0.2) is 48.1 Å². The molecule has 1 saturated heterocycles. The third-order valence-electron chi connectivity index (χ3n) is 5.80. The number of anilines is 1. The van der Waals surface area contributed by atoms with E-state index in [1.165, 1.54) is 6.07 Å². The highest BCUT2D eigenvalue weighted by atomic mass is 19.1. The number of likely N-dealkylation sites (N-methyl/N-ethyl adjacent to an activating group) is 1. The number of hydrogen-bond donors (Lipinski definition) is 0. The Labute approximate surface area is 163 Å². The molecule has 0 radical (unpaired) electrons. The van der Waals surface area contributed by atoms with Gasteiger partial charge in [0.1, 0.15) is 17.5 Å². The maximum absolute atomic E-state index is 14.2. The minimum absolute atomic E-state index is 0.327. The number of nitrogens with zero attached hydrogens (tertiary/aromatic N) is 4. The monoisotopic (exact) mass is 382 g/mol. The number of pyridine rings is 2. The largest absolute Gasteiger partial charge is 0.355 e. The van der Waals surface area contributed by atoms with Gasteiger partial charge in [-0.05, 0) is 57.6 Å². The first kappa shape index (κ1) is 18.7. The van der Waals surface area contributed by atoms with Crippen LogP contribution in [0.4, 0.5) is 14.6 Å². The van der Waals surface area contributed by atoms with Crippen molar-refractivity contribution in [2.75, 3.05) is 32.1 Å². The maximum atomic E-state index is 14.2. The highest BCUT2D eigenvalue weighted by molar-refractivity contribution is 5.87. The van der Waals surface area contributed by atoms with Gasteiger partial charge >= 0.3 is 0 Å². The van der Waals surface area contributed by atoms with Gasteiger partial charge in [0.25, 0.3) is 0 Å². The average molecular weight is 382 g/mol. The summed E-state index contributed by atoms with van der Waals surface area (Å²) in [5.74, 6) is -0.252. The van der Waals surface area contributed by atoms with Crippen molar-refractivity contribution in [3.05, 3.63) is 53.2 Å². The van der Waals surface area contributed by atoms with E-state index in [9.17, 15) is 8.78 Å². The molecular formula is C22H24F2N4. The second-order valence-corrected chi connectivity index (χ2v) is 7.75. The molecule has 4 rings (SSSR count). The number of hydrogen-bond acceptors (Lipinski definition) is 4. The van der Waals surface area contributed by atoms with Gasteiger partial charge in [0.05, 0.1) is 11.2 Å². The Morgan fingerprint density at radius 2 is 1.89 bits per heavy atom. The van der Waals surface area contributed by atoms with Gasteiger partial charge in [-0.3, -0.25) is 0 Å². The molecule has 0 spiro atoms. The van der Waals surface area contributed by atoms with Crippen LogP contribution >= 0.6 is 0 Å². The van der Waals surface area contributed by atoms with Gasteiger partial charge in [-0.1, -0.05) is 0 Å². The van der Waals surface area contributed by atoms with E-state index in [2.05, 4.69) is 33.9 Å². The summed E-state index contributed by atoms with van der Waals surface area (Å²) in [5, 5.41) is 0.374. The number of fused-ring (bicyclic) bond motifs is 1. The second-order valence-electron chi connectivity index (χ2n) is 7.75. The van der Waals surface area contributed by atoms with Crippen molar-refractivity contribution < 1.29 is 8.78 Å². The van der Waals surface area contributed by atoms with Crippen molar-refractivity contribution in [1.29, 1.82) is 0 Å². The minimum Gasteiger partial charge on any atom is -0.355 e. The molecule has 4 nitrogen and oxygen atoms in total. The van der Waals surface area contributed by atoms with Crippen LogP contribution in [-0.2, 0) is 0 Å². The van der Waals surface area contributed by atoms with E-state index < -0.39 is 11.6 Å². The molecule has 6 heteroatoms. The van der Waals surface area contributed by atoms with E-state index in [-0.39, 0.29) is 0 Å². The highest BCUT2D eigenvalue weighted by Crippen LogP contribution is 2.31. The molecule has 0 amide bonds. The summed E-state index contributed by atoms with van der Waals surface area (Å²) in [5.41, 5.74) is 3.53. The first-order valence-corrected chi connectivity index (χ1v) is 9.49. The molecule has 0 aliphatic carbocycles. The number of aryl methyl sites for hydroxylation is 1. The normalized spacial score (nSPS) is 17.1. The van der Waals surface area contributed by atoms with E-state index in [1.807, 2.05) is 26.0 Å². The Morgan fingerprint density at radius 1 is 1.11 bits per heavy atom. The summed E-state index contributed by atoms with van der Waals surface area (Å²) in [6.45, 7) is 5.71. The van der Waals surface area contributed by atoms with Crippen molar-refractivity contribution in [2.24, 2.45) is 0 Å². The van der Waals surface area contributed by atoms with E-state index in [0.717, 1.165) is 48.1 Å². The Morgan fingerprint density at radius 3 is 2.54 bits per heavy atom. The van der Waals surface area contributed by atoms with E-state index in [0.29, 0.717) is 22.6 Å². The molecule has 1 aliphatic rings. The Hall–Kier alpha value is -2.60. The number of benzene rings is 1. The van der Waals surface area contributed by atoms with Crippen LogP contribution in [0.15, 0.2) is 30.5 Å². The van der Waals surface area contributed by atoms with Gasteiger partial charge < -0.3 is 9.80 Å². The summed E-state index contributed by atoms with van der Waals surface area (Å²) in [4.78, 5) is 13.7. The van der Waals surface area contributed by atoms with Crippen molar-refractivity contribution in [1.82, 2.24) is 14.9 Å². The predicted octanol–water partition coefficient (Wildman–Crippen LogP) is 4.33. The highest BCUT2D eigenvalue weighted by Gasteiger charge is 2.25. The lowest BCUT2D eigenvalue weighted by Gasteiger charge is -2.21. The summed E-state index contributed by atoms with van der Waals surface area (Å²) in [6, 6.07) is 6.71. The molecule has 1 aliphatic heterocycles. The lowest BCUT2D eigenvalue weighted by molar-refractivity contribution is 0.315. The topological polar surface area (TPSA) is 32.3 Å². The Kier molecular flexibility index (Phi) is 4.75. The molecule has 1 aromatic carbocycles. The first-order chi connectivity index (χ1) is 13.3. The molecule has 0 bridgehead atoms. The van der Waals surface area contributed by atoms with Crippen molar-refractivity contribution in [2.45, 2.75) is 26.3 Å². The zero-order valence-electron chi connectivity index (χ0n) is 16.6. The van der Waals surface area contributed by atoms with Crippen LogP contribution in [0.2, 0.25) is 0 Å². The maximum Gasteiger partial charge on any atom is 0.135 e. The van der Waals surface area contributed by atoms with Gasteiger partial charge in [-0.25, -0.2) is 18.7 Å². The van der Waals surface area contributed by atoms with Crippen LogP contribution in [0.5, 0.6) is 0 Å². The average Bonchev–Trinajstić information content (AvgIpc) is 3.15. The molecule has 3 aromatic rings. The van der Waals surface area contributed by atoms with Crippen LogP contribution in [0.3, 0.4) is 0 Å². The SMILES string of the molecule is Cc1c(-c2ccc(N3CCC(N(C)C)C3)nc2)nc2cc(F)cc(F)c2c1C. The molecule has 1 atom stereocenters. The molecule has 28 heavy (non-hydrogen) atoms. The zero-order chi connectivity index (χ0) is 20.0. The van der Waals surface area contributed by atoms with Gasteiger partial charge in [0, 0.05) is 48.4 Å². The molecule has 0 saturated carbocycles. The predicted molar refractivity (Wildman–Crippen MR) is 109 cm³/mol. The third-order valence-corrected chi connectivity index (χ3v) is 5.80. The fourth-order valence-corrected chi connectivity index (χ4v) is 3.95. The molecule has 0 N–H and O–H groups in total. The van der Waals surface area contributed by atoms with Crippen LogP contribution in [0.25, 0.3) is 22.2 Å². The number of aromatic nitrogens is 2. The van der Waals surface area contributed by atoms with Gasteiger partial charge in [-0.2, -0.15) is 0 Å². The smallest absolute Gasteiger partial charge is 0.135 e. The van der Waals surface area contributed by atoms with Crippen molar-refractivity contribution >= 4 is 16.7 Å². The second kappa shape index (κ2) is 7.09. The fraction of sp³-hybridized carbons (Fsp3) is 0.364. The van der Waals surface area contributed by atoms with Crippen LogP contribution in [0.1, 0.15) is 17.5 Å². The van der Waals surface area contributed by atoms with E-state index in [4.69, 9.17) is 0 Å². The molecule has 146 valence electrons. The van der Waals surface area contributed by atoms with Crippen LogP contribution in [0, 0.1) is 25.5 Å².